The van der Waals surface area contributed by atoms with Crippen LogP contribution in [0.15, 0.2) is 24.3 Å². The van der Waals surface area contributed by atoms with Gasteiger partial charge in [-0.25, -0.2) is 0 Å². The number of rotatable bonds is 7. The second-order valence-corrected chi connectivity index (χ2v) is 6.37. The fraction of sp³-hybridized carbons (Fsp3) is 0.500. The first-order valence-corrected chi connectivity index (χ1v) is 8.09. The number of carboxylic acids is 1. The number of carbonyl (C=O) groups excluding carboxylic acids is 1. The van der Waals surface area contributed by atoms with Gasteiger partial charge in [-0.1, -0.05) is 6.42 Å². The van der Waals surface area contributed by atoms with E-state index in [9.17, 15) is 14.7 Å². The van der Waals surface area contributed by atoms with Crippen molar-refractivity contribution in [3.63, 3.8) is 0 Å². The maximum atomic E-state index is 12.6. The van der Waals surface area contributed by atoms with E-state index in [1.54, 1.807) is 24.3 Å². The Bertz CT molecular complexity index is 624. The molecule has 2 atom stereocenters. The Hall–Kier alpha value is -2.10. The molecule has 0 saturated carbocycles. The molecule has 0 spiro atoms. The molecule has 1 fully saturated rings. The van der Waals surface area contributed by atoms with Crippen molar-refractivity contribution in [2.75, 3.05) is 20.2 Å². The van der Waals surface area contributed by atoms with Crippen LogP contribution in [0.4, 0.5) is 0 Å². The summed E-state index contributed by atoms with van der Waals surface area (Å²) in [5.41, 5.74) is 4.97. The van der Waals surface area contributed by atoms with Gasteiger partial charge in [-0.05, 0) is 37.0 Å². The molecule has 25 heavy (non-hydrogen) atoms. The summed E-state index contributed by atoms with van der Waals surface area (Å²) < 4.78 is 5.06. The van der Waals surface area contributed by atoms with Crippen LogP contribution < -0.4 is 10.5 Å². The third kappa shape index (κ3) is 4.30. The van der Waals surface area contributed by atoms with Crippen LogP contribution in [-0.2, 0) is 4.79 Å². The topological polar surface area (TPSA) is 133 Å². The van der Waals surface area contributed by atoms with Crippen molar-refractivity contribution in [2.45, 2.75) is 24.7 Å². The van der Waals surface area contributed by atoms with Crippen molar-refractivity contribution < 1.29 is 29.5 Å². The number of carbonyl (C=O) groups is 2. The lowest BCUT2D eigenvalue weighted by Gasteiger charge is -2.25. The largest absolute Gasteiger partial charge is 0.497 e. The third-order valence-corrected chi connectivity index (χ3v) is 4.66. The predicted octanol–water partition coefficient (Wildman–Crippen LogP) is -0.198. The molecule has 1 heterocycles. The van der Waals surface area contributed by atoms with Crippen LogP contribution in [0.1, 0.15) is 23.2 Å². The Morgan fingerprint density at radius 3 is 2.52 bits per heavy atom. The number of aliphatic carboxylic acids is 1. The molecule has 1 amide bonds. The van der Waals surface area contributed by atoms with E-state index < -0.39 is 24.5 Å². The van der Waals surface area contributed by atoms with Crippen LogP contribution in [-0.4, -0.2) is 64.8 Å². The zero-order chi connectivity index (χ0) is 18.6. The first kappa shape index (κ1) is 19.2. The molecule has 8 nitrogen and oxygen atoms in total. The van der Waals surface area contributed by atoms with Crippen LogP contribution >= 0.6 is 0 Å². The summed E-state index contributed by atoms with van der Waals surface area (Å²) in [4.78, 5) is 25.7. The highest BCUT2D eigenvalue weighted by atomic mass is 16.5. The minimum absolute atomic E-state index is 0.0838. The summed E-state index contributed by atoms with van der Waals surface area (Å²) in [6, 6.07) is 6.57. The van der Waals surface area contributed by atoms with Gasteiger partial charge in [0.1, 0.15) is 11.3 Å². The fourth-order valence-corrected chi connectivity index (χ4v) is 3.15. The first-order valence-electron chi connectivity index (χ1n) is 8.09. The Morgan fingerprint density at radius 2 is 2.00 bits per heavy atom. The number of nitrogens with two attached hydrogens (primary N) is 1. The SMILES string of the molecule is COc1ccc(C(=O)N2C[C@H](CCCB(O)O)[C@](N)(C(=O)O)C2)cc1. The maximum Gasteiger partial charge on any atom is 0.451 e. The van der Waals surface area contributed by atoms with Crippen molar-refractivity contribution in [2.24, 2.45) is 11.7 Å². The van der Waals surface area contributed by atoms with E-state index in [2.05, 4.69) is 0 Å². The van der Waals surface area contributed by atoms with E-state index in [4.69, 9.17) is 20.5 Å². The lowest BCUT2D eigenvalue weighted by Crippen LogP contribution is -2.55. The van der Waals surface area contributed by atoms with Gasteiger partial charge in [-0.2, -0.15) is 0 Å². The second kappa shape index (κ2) is 7.86. The zero-order valence-corrected chi connectivity index (χ0v) is 14.1. The van der Waals surface area contributed by atoms with Gasteiger partial charge in [-0.3, -0.25) is 9.59 Å². The molecule has 9 heteroatoms. The van der Waals surface area contributed by atoms with Crippen LogP contribution in [0.2, 0.25) is 6.32 Å². The van der Waals surface area contributed by atoms with E-state index in [1.165, 1.54) is 12.0 Å². The molecular weight excluding hydrogens is 327 g/mol. The van der Waals surface area contributed by atoms with Crippen LogP contribution in [0, 0.1) is 5.92 Å². The second-order valence-electron chi connectivity index (χ2n) is 6.37. The summed E-state index contributed by atoms with van der Waals surface area (Å²) in [7, 11) is 0.0938. The monoisotopic (exact) mass is 350 g/mol. The van der Waals surface area contributed by atoms with Gasteiger partial charge in [-0.15, -0.1) is 0 Å². The van der Waals surface area contributed by atoms with E-state index in [0.29, 0.717) is 24.2 Å². The smallest absolute Gasteiger partial charge is 0.451 e. The third-order valence-electron chi connectivity index (χ3n) is 4.66. The average Bonchev–Trinajstić information content (AvgIpc) is 2.92. The Balaban J connectivity index is 2.11. The molecule has 0 radical (unpaired) electrons. The summed E-state index contributed by atoms with van der Waals surface area (Å²) in [6.07, 6.45) is 0.949. The van der Waals surface area contributed by atoms with Crippen molar-refractivity contribution in [1.82, 2.24) is 4.90 Å². The molecule has 0 bridgehead atoms. The molecule has 0 aliphatic carbocycles. The number of hydrogen-bond donors (Lipinski definition) is 4. The molecule has 5 N–H and O–H groups in total. The number of nitrogens with zero attached hydrogens (tertiary/aromatic N) is 1. The number of benzene rings is 1. The van der Waals surface area contributed by atoms with Crippen LogP contribution in [0.5, 0.6) is 5.75 Å². The highest BCUT2D eigenvalue weighted by Crippen LogP contribution is 2.31. The van der Waals surface area contributed by atoms with E-state index in [-0.39, 0.29) is 25.3 Å². The molecule has 1 aromatic carbocycles. The molecule has 1 aliphatic heterocycles. The van der Waals surface area contributed by atoms with Gasteiger partial charge in [0.25, 0.3) is 5.91 Å². The summed E-state index contributed by atoms with van der Waals surface area (Å²) in [6.45, 7) is 0.134. The van der Waals surface area contributed by atoms with Crippen LogP contribution in [0.3, 0.4) is 0 Å². The number of likely N-dealkylation sites (tertiary alicyclic amines) is 1. The Labute approximate surface area is 146 Å². The minimum Gasteiger partial charge on any atom is -0.497 e. The fourth-order valence-electron chi connectivity index (χ4n) is 3.15. The standard InChI is InChI=1S/C16H23BN2O6/c1-25-13-6-4-11(5-7-13)14(20)19-9-12(3-2-8-17(23)24)16(18,10-19)15(21)22/h4-7,12,23-24H,2-3,8-10,18H2,1H3,(H,21,22)/t12-,16-/m0/s1. The van der Waals surface area contributed by atoms with Crippen molar-refractivity contribution in [1.29, 1.82) is 0 Å². The molecule has 2 rings (SSSR count). The average molecular weight is 350 g/mol. The molecule has 1 aliphatic rings. The summed E-state index contributed by atoms with van der Waals surface area (Å²) in [5.74, 6) is -1.28. The van der Waals surface area contributed by atoms with Crippen molar-refractivity contribution in [3.8, 4) is 5.75 Å². The normalized spacial score (nSPS) is 22.7. The molecule has 136 valence electrons. The molecule has 1 saturated heterocycles. The van der Waals surface area contributed by atoms with Crippen molar-refractivity contribution >= 4 is 19.0 Å². The lowest BCUT2D eigenvalue weighted by atomic mass is 9.78. The molecular formula is C16H23BN2O6. The quantitative estimate of drug-likeness (QED) is 0.501. The molecule has 0 aromatic heterocycles. The highest BCUT2D eigenvalue weighted by Gasteiger charge is 2.50. The zero-order valence-electron chi connectivity index (χ0n) is 14.1. The van der Waals surface area contributed by atoms with Gasteiger partial charge < -0.3 is 30.5 Å². The Morgan fingerprint density at radius 1 is 1.36 bits per heavy atom. The van der Waals surface area contributed by atoms with E-state index >= 15 is 0 Å². The van der Waals surface area contributed by atoms with Gasteiger partial charge >= 0.3 is 13.1 Å². The lowest BCUT2D eigenvalue weighted by molar-refractivity contribution is -0.144. The highest BCUT2D eigenvalue weighted by molar-refractivity contribution is 6.40. The van der Waals surface area contributed by atoms with Gasteiger partial charge in [0.2, 0.25) is 0 Å². The maximum absolute atomic E-state index is 12.6. The number of amides is 1. The minimum atomic E-state index is -1.54. The predicted molar refractivity (Wildman–Crippen MR) is 91.2 cm³/mol. The Kier molecular flexibility index (Phi) is 6.04. The number of carboxylic acid groups (broad SMARTS) is 1. The summed E-state index contributed by atoms with van der Waals surface area (Å²) >= 11 is 0. The summed E-state index contributed by atoms with van der Waals surface area (Å²) in [5, 5.41) is 27.4. The number of hydrogen-bond acceptors (Lipinski definition) is 6. The van der Waals surface area contributed by atoms with Crippen LogP contribution in [0.25, 0.3) is 0 Å². The number of methoxy groups -OCH3 is 1. The van der Waals surface area contributed by atoms with Gasteiger partial charge in [0, 0.05) is 18.0 Å². The molecule has 1 aromatic rings. The van der Waals surface area contributed by atoms with E-state index in [0.717, 1.165) is 0 Å². The van der Waals surface area contributed by atoms with E-state index in [1.807, 2.05) is 0 Å². The van der Waals surface area contributed by atoms with Gasteiger partial charge in [0.05, 0.1) is 13.7 Å². The van der Waals surface area contributed by atoms with Crippen molar-refractivity contribution in [3.05, 3.63) is 29.8 Å². The number of ether oxygens (including phenoxy) is 1. The molecule has 0 unspecified atom stereocenters. The van der Waals surface area contributed by atoms with Gasteiger partial charge in [0.15, 0.2) is 0 Å². The first-order chi connectivity index (χ1) is 11.8.